The van der Waals surface area contributed by atoms with E-state index in [0.717, 1.165) is 0 Å². The molecule has 0 aromatic carbocycles. The van der Waals surface area contributed by atoms with Gasteiger partial charge in [-0.2, -0.15) is 0 Å². The van der Waals surface area contributed by atoms with Gasteiger partial charge in [-0.3, -0.25) is 0 Å². The smallest absolute Gasteiger partial charge is 0.146 e. The molecule has 0 radical (unpaired) electrons. The van der Waals surface area contributed by atoms with E-state index in [2.05, 4.69) is 0 Å². The minimum absolute atomic E-state index is 0.255. The molecule has 6 N–H and O–H groups in total. The summed E-state index contributed by atoms with van der Waals surface area (Å²) >= 11 is 0. The van der Waals surface area contributed by atoms with Crippen molar-refractivity contribution >= 4 is 0 Å². The Hall–Kier alpha value is -0.240. The number of hydrogen-bond acceptors (Lipinski definition) is 5. The minimum atomic E-state index is -1.07. The van der Waals surface area contributed by atoms with Crippen LogP contribution < -0.4 is 4.90 Å². The summed E-state index contributed by atoms with van der Waals surface area (Å²) in [5.41, 5.74) is 0. The molecular formula is C8H16NO5+. The van der Waals surface area contributed by atoms with Crippen LogP contribution in [0, 0.1) is 0 Å². The quantitative estimate of drug-likeness (QED) is 0.258. The highest BCUT2D eigenvalue weighted by atomic mass is 16.4. The average molecular weight is 206 g/mol. The monoisotopic (exact) mass is 206 g/mol. The molecule has 82 valence electrons. The van der Waals surface area contributed by atoms with Crippen LogP contribution in [0.25, 0.3) is 0 Å². The summed E-state index contributed by atoms with van der Waals surface area (Å²) in [6, 6.07) is -1.10. The molecule has 6 nitrogen and oxygen atoms in total. The largest absolute Gasteiger partial charge is 0.390 e. The van der Waals surface area contributed by atoms with Crippen LogP contribution in [0.15, 0.2) is 0 Å². The fraction of sp³-hybridized carbons (Fsp3) is 1.00. The Bertz CT molecular complexity index is 226. The molecular weight excluding hydrogens is 190 g/mol. The van der Waals surface area contributed by atoms with E-state index in [1.807, 2.05) is 0 Å². The Morgan fingerprint density at radius 2 is 1.64 bits per heavy atom. The number of aliphatic hydroxyl groups excluding tert-OH is 5. The summed E-state index contributed by atoms with van der Waals surface area (Å²) in [6.45, 7) is -0.00528. The second-order valence-electron chi connectivity index (χ2n) is 4.13. The first kappa shape index (κ1) is 10.3. The van der Waals surface area contributed by atoms with Crippen molar-refractivity contribution < 1.29 is 30.4 Å². The van der Waals surface area contributed by atoms with Crippen molar-refractivity contribution in [3.05, 3.63) is 0 Å². The Morgan fingerprint density at radius 1 is 1.00 bits per heavy atom. The van der Waals surface area contributed by atoms with Crippen LogP contribution >= 0.6 is 0 Å². The van der Waals surface area contributed by atoms with Crippen LogP contribution in [0.4, 0.5) is 0 Å². The maximum Gasteiger partial charge on any atom is 0.146 e. The van der Waals surface area contributed by atoms with Crippen molar-refractivity contribution in [3.63, 3.8) is 0 Å². The highest BCUT2D eigenvalue weighted by Crippen LogP contribution is 2.18. The molecule has 14 heavy (non-hydrogen) atoms. The zero-order valence-corrected chi connectivity index (χ0v) is 7.61. The molecule has 2 aliphatic rings. The fourth-order valence-corrected chi connectivity index (χ4v) is 2.67. The first-order valence-corrected chi connectivity index (χ1v) is 4.76. The molecule has 6 heteroatoms. The van der Waals surface area contributed by atoms with Gasteiger partial charge in [0.05, 0.1) is 6.61 Å². The Balaban J connectivity index is 2.21. The molecule has 0 aliphatic carbocycles. The minimum Gasteiger partial charge on any atom is -0.390 e. The number of quaternary nitrogens is 1. The van der Waals surface area contributed by atoms with Crippen molar-refractivity contribution in [1.82, 2.24) is 0 Å². The Kier molecular flexibility index (Phi) is 2.50. The van der Waals surface area contributed by atoms with E-state index in [9.17, 15) is 20.4 Å². The molecule has 0 aromatic rings. The lowest BCUT2D eigenvalue weighted by atomic mass is 10.0. The molecule has 0 aromatic heterocycles. The number of hydrogen-bond donors (Lipinski definition) is 6. The second-order valence-corrected chi connectivity index (χ2v) is 4.13. The number of fused-ring (bicyclic) bond motifs is 1. The molecule has 7 atom stereocenters. The molecule has 2 rings (SSSR count). The zero-order valence-electron chi connectivity index (χ0n) is 7.61. The lowest BCUT2D eigenvalue weighted by Gasteiger charge is -2.19. The van der Waals surface area contributed by atoms with Crippen molar-refractivity contribution in [1.29, 1.82) is 0 Å². The van der Waals surface area contributed by atoms with Crippen LogP contribution in [-0.4, -0.2) is 75.2 Å². The summed E-state index contributed by atoms with van der Waals surface area (Å²) in [7, 11) is 0. The summed E-state index contributed by atoms with van der Waals surface area (Å²) in [6.07, 6.45) is -4.01. The van der Waals surface area contributed by atoms with E-state index < -0.39 is 36.5 Å². The SMILES string of the molecule is OC[C@@H]1[C@@H](O)[C@H](O)[C@H]2[C@H](O)[C@@H](O)C[NH+]21. The molecule has 1 unspecified atom stereocenters. The van der Waals surface area contributed by atoms with Gasteiger partial charge in [-0.1, -0.05) is 0 Å². The molecule has 0 spiro atoms. The van der Waals surface area contributed by atoms with Gasteiger partial charge in [0.15, 0.2) is 0 Å². The molecule has 0 amide bonds. The highest BCUT2D eigenvalue weighted by molar-refractivity contribution is 4.97. The predicted octanol–water partition coefficient (Wildman–Crippen LogP) is -4.93. The van der Waals surface area contributed by atoms with Crippen LogP contribution in [0.1, 0.15) is 0 Å². The first-order chi connectivity index (χ1) is 6.57. The molecule has 2 aliphatic heterocycles. The van der Waals surface area contributed by atoms with E-state index in [1.165, 1.54) is 0 Å². The van der Waals surface area contributed by atoms with Gasteiger partial charge in [0, 0.05) is 0 Å². The normalized spacial score (nSPS) is 57.6. The molecule has 0 saturated carbocycles. The van der Waals surface area contributed by atoms with E-state index in [1.54, 1.807) is 0 Å². The van der Waals surface area contributed by atoms with Gasteiger partial charge in [-0.15, -0.1) is 0 Å². The molecule has 2 fully saturated rings. The van der Waals surface area contributed by atoms with Gasteiger partial charge in [0.2, 0.25) is 0 Å². The van der Waals surface area contributed by atoms with E-state index >= 15 is 0 Å². The fourth-order valence-electron chi connectivity index (χ4n) is 2.67. The van der Waals surface area contributed by atoms with Crippen molar-refractivity contribution in [2.45, 2.75) is 36.5 Å². The maximum absolute atomic E-state index is 9.60. The van der Waals surface area contributed by atoms with Crippen LogP contribution in [0.5, 0.6) is 0 Å². The standard InChI is InChI=1S/C8H15NO5/c10-2-3-6(12)8(14)5-7(13)4(11)1-9(3)5/h3-8,10-14H,1-2H2/p+1/t3-,4+,5-,6-,7-,8-/m1/s1. The van der Waals surface area contributed by atoms with Gasteiger partial charge in [0.25, 0.3) is 0 Å². The van der Waals surface area contributed by atoms with Crippen LogP contribution in [0.2, 0.25) is 0 Å². The van der Waals surface area contributed by atoms with Crippen LogP contribution in [-0.2, 0) is 0 Å². The number of nitrogens with one attached hydrogen (secondary N) is 1. The van der Waals surface area contributed by atoms with Gasteiger partial charge < -0.3 is 30.4 Å². The topological polar surface area (TPSA) is 106 Å². The molecule has 2 saturated heterocycles. The Morgan fingerprint density at radius 3 is 2.21 bits per heavy atom. The predicted molar refractivity (Wildman–Crippen MR) is 44.5 cm³/mol. The van der Waals surface area contributed by atoms with Crippen molar-refractivity contribution in [2.75, 3.05) is 13.2 Å². The third-order valence-electron chi connectivity index (χ3n) is 3.44. The summed E-state index contributed by atoms with van der Waals surface area (Å²) in [4.78, 5) is 0.688. The number of aliphatic hydroxyl groups is 5. The molecule has 2 heterocycles. The summed E-state index contributed by atoms with van der Waals surface area (Å²) < 4.78 is 0. The van der Waals surface area contributed by atoms with Crippen molar-refractivity contribution in [3.8, 4) is 0 Å². The first-order valence-electron chi connectivity index (χ1n) is 4.76. The van der Waals surface area contributed by atoms with Gasteiger partial charge in [0.1, 0.15) is 43.0 Å². The van der Waals surface area contributed by atoms with Gasteiger partial charge >= 0.3 is 0 Å². The summed E-state index contributed by atoms with van der Waals surface area (Å²) in [5.74, 6) is 0. The number of rotatable bonds is 1. The zero-order chi connectivity index (χ0) is 10.5. The van der Waals surface area contributed by atoms with E-state index in [4.69, 9.17) is 5.11 Å². The summed E-state index contributed by atoms with van der Waals surface area (Å²) in [5, 5.41) is 47.1. The van der Waals surface area contributed by atoms with Gasteiger partial charge in [-0.05, 0) is 0 Å². The third-order valence-corrected chi connectivity index (χ3v) is 3.44. The Labute approximate surface area is 81.0 Å². The average Bonchev–Trinajstić information content (AvgIpc) is 2.54. The van der Waals surface area contributed by atoms with Gasteiger partial charge in [-0.25, -0.2) is 0 Å². The lowest BCUT2D eigenvalue weighted by molar-refractivity contribution is -0.929. The second kappa shape index (κ2) is 3.41. The lowest BCUT2D eigenvalue weighted by Crippen LogP contribution is -3.17. The van der Waals surface area contributed by atoms with Crippen molar-refractivity contribution in [2.24, 2.45) is 0 Å². The third kappa shape index (κ3) is 1.19. The highest BCUT2D eigenvalue weighted by Gasteiger charge is 2.60. The van der Waals surface area contributed by atoms with E-state index in [-0.39, 0.29) is 13.2 Å². The van der Waals surface area contributed by atoms with Crippen LogP contribution in [0.3, 0.4) is 0 Å². The molecule has 0 bridgehead atoms. The van der Waals surface area contributed by atoms with E-state index in [0.29, 0.717) is 4.90 Å². The maximum atomic E-state index is 9.60.